The number of hydrogen-bond donors (Lipinski definition) is 0. The van der Waals surface area contributed by atoms with Crippen LogP contribution in [0.4, 0.5) is 22.0 Å². The van der Waals surface area contributed by atoms with Crippen LogP contribution < -0.4 is 0 Å². The predicted octanol–water partition coefficient (Wildman–Crippen LogP) is 3.74. The molecular formula is C14H11BrF5N3O2. The minimum absolute atomic E-state index is 0.0738. The molecule has 1 fully saturated rings. The van der Waals surface area contributed by atoms with Crippen LogP contribution in [-0.2, 0) is 4.79 Å². The fourth-order valence-corrected chi connectivity index (χ4v) is 2.91. The zero-order chi connectivity index (χ0) is 19.4. The van der Waals surface area contributed by atoms with E-state index in [2.05, 4.69) is 15.9 Å². The molecule has 0 atom stereocenters. The van der Waals surface area contributed by atoms with Crippen LogP contribution in [0.5, 0.6) is 0 Å². The van der Waals surface area contributed by atoms with Crippen LogP contribution in [0.15, 0.2) is 16.6 Å². The second-order valence-electron chi connectivity index (χ2n) is 5.17. The van der Waals surface area contributed by atoms with Gasteiger partial charge in [0.1, 0.15) is 11.6 Å². The van der Waals surface area contributed by atoms with Crippen molar-refractivity contribution in [3.05, 3.63) is 33.8 Å². The van der Waals surface area contributed by atoms with Gasteiger partial charge in [-0.15, -0.1) is 0 Å². The van der Waals surface area contributed by atoms with Gasteiger partial charge in [0, 0.05) is 34.3 Å². The van der Waals surface area contributed by atoms with Crippen molar-refractivity contribution in [3.8, 4) is 0 Å². The Balaban J connectivity index is 0.00000151. The van der Waals surface area contributed by atoms with Crippen molar-refractivity contribution in [1.29, 1.82) is 10.8 Å². The average Bonchev–Trinajstić information content (AvgIpc) is 2.54. The van der Waals surface area contributed by atoms with Crippen molar-refractivity contribution < 1.29 is 31.5 Å². The van der Waals surface area contributed by atoms with Gasteiger partial charge < -0.3 is 4.90 Å². The Morgan fingerprint density at radius 3 is 1.92 bits per heavy atom. The maximum Gasteiger partial charge on any atom is 0.471 e. The van der Waals surface area contributed by atoms with E-state index in [1.54, 1.807) is 0 Å². The van der Waals surface area contributed by atoms with Crippen molar-refractivity contribution >= 4 is 27.6 Å². The Bertz CT molecular complexity index is 662. The van der Waals surface area contributed by atoms with E-state index in [4.69, 9.17) is 10.8 Å². The molecule has 0 radical (unpaired) electrons. The van der Waals surface area contributed by atoms with Gasteiger partial charge in [-0.1, -0.05) is 15.9 Å². The lowest BCUT2D eigenvalue weighted by Gasteiger charge is -2.31. The summed E-state index contributed by atoms with van der Waals surface area (Å²) in [6.45, 7) is -0.566. The molecule has 1 aromatic carbocycles. The van der Waals surface area contributed by atoms with Gasteiger partial charge >= 0.3 is 12.1 Å². The highest BCUT2D eigenvalue weighted by atomic mass is 79.9. The SMILES string of the molecule is N#N.O=C(c1c(F)cc(Br)cc1F)C1CCN(C(=O)C(F)(F)F)CC1. The third-order valence-corrected chi connectivity index (χ3v) is 4.11. The van der Waals surface area contributed by atoms with Crippen LogP contribution in [0.25, 0.3) is 0 Å². The summed E-state index contributed by atoms with van der Waals surface area (Å²) in [5.74, 6) is -5.65. The molecule has 1 aliphatic heterocycles. The third kappa shape index (κ3) is 4.94. The second-order valence-corrected chi connectivity index (χ2v) is 6.09. The molecule has 1 heterocycles. The summed E-state index contributed by atoms with van der Waals surface area (Å²) in [5.41, 5.74) is -0.700. The zero-order valence-corrected chi connectivity index (χ0v) is 14.1. The summed E-state index contributed by atoms with van der Waals surface area (Å²) in [6, 6.07) is 1.89. The number of likely N-dealkylation sites (tertiary alicyclic amines) is 1. The van der Waals surface area contributed by atoms with Crippen LogP contribution in [0.3, 0.4) is 0 Å². The lowest BCUT2D eigenvalue weighted by Crippen LogP contribution is -2.46. The van der Waals surface area contributed by atoms with E-state index in [0.717, 1.165) is 12.1 Å². The molecule has 0 unspecified atom stereocenters. The molecule has 0 bridgehead atoms. The van der Waals surface area contributed by atoms with Gasteiger partial charge in [-0.2, -0.15) is 13.2 Å². The molecule has 1 aromatic rings. The second kappa shape index (κ2) is 8.33. The topological polar surface area (TPSA) is 85.0 Å². The molecule has 5 nitrogen and oxygen atoms in total. The van der Waals surface area contributed by atoms with Gasteiger partial charge in [-0.25, -0.2) is 8.78 Å². The molecule has 0 N–H and O–H groups in total. The highest BCUT2D eigenvalue weighted by Gasteiger charge is 2.44. The maximum atomic E-state index is 13.8. The van der Waals surface area contributed by atoms with Gasteiger partial charge in [-0.3, -0.25) is 9.59 Å². The Hall–Kier alpha value is -2.09. The molecule has 25 heavy (non-hydrogen) atoms. The first kappa shape index (κ1) is 21.0. The van der Waals surface area contributed by atoms with Crippen LogP contribution in [0.1, 0.15) is 23.2 Å². The van der Waals surface area contributed by atoms with Gasteiger partial charge in [0.15, 0.2) is 5.78 Å². The first-order chi connectivity index (χ1) is 11.6. The zero-order valence-electron chi connectivity index (χ0n) is 12.5. The largest absolute Gasteiger partial charge is 0.471 e. The number of nitrogens with zero attached hydrogens (tertiary/aromatic N) is 3. The summed E-state index contributed by atoms with van der Waals surface area (Å²) in [5, 5.41) is 12.0. The number of benzene rings is 1. The minimum atomic E-state index is -4.97. The highest BCUT2D eigenvalue weighted by molar-refractivity contribution is 9.10. The normalized spacial score (nSPS) is 15.3. The van der Waals surface area contributed by atoms with Crippen molar-refractivity contribution in [2.24, 2.45) is 5.92 Å². The first-order valence-corrected chi connectivity index (χ1v) is 7.65. The van der Waals surface area contributed by atoms with Crippen LogP contribution >= 0.6 is 15.9 Å². The summed E-state index contributed by atoms with van der Waals surface area (Å²) >= 11 is 2.89. The van der Waals surface area contributed by atoms with Crippen molar-refractivity contribution in [1.82, 2.24) is 4.90 Å². The van der Waals surface area contributed by atoms with E-state index in [9.17, 15) is 31.5 Å². The molecule has 0 aliphatic carbocycles. The number of halogens is 6. The van der Waals surface area contributed by atoms with Crippen molar-refractivity contribution in [2.75, 3.05) is 13.1 Å². The van der Waals surface area contributed by atoms with E-state index < -0.39 is 41.0 Å². The number of ketones is 1. The number of rotatable bonds is 2. The van der Waals surface area contributed by atoms with Crippen LogP contribution in [0.2, 0.25) is 0 Å². The van der Waals surface area contributed by atoms with E-state index in [0.29, 0.717) is 4.90 Å². The Morgan fingerprint density at radius 2 is 1.52 bits per heavy atom. The number of alkyl halides is 3. The van der Waals surface area contributed by atoms with E-state index >= 15 is 0 Å². The number of hydrogen-bond acceptors (Lipinski definition) is 4. The quantitative estimate of drug-likeness (QED) is 0.408. The summed E-state index contributed by atoms with van der Waals surface area (Å²) in [6.07, 6.45) is -5.12. The van der Waals surface area contributed by atoms with Crippen molar-refractivity contribution in [2.45, 2.75) is 19.0 Å². The molecule has 0 saturated carbocycles. The highest BCUT2D eigenvalue weighted by Crippen LogP contribution is 2.28. The maximum absolute atomic E-state index is 13.8. The molecule has 0 aromatic heterocycles. The molecule has 1 amide bonds. The van der Waals surface area contributed by atoms with Crippen molar-refractivity contribution in [3.63, 3.8) is 0 Å². The molecule has 2 rings (SSSR count). The molecule has 11 heteroatoms. The summed E-state index contributed by atoms with van der Waals surface area (Å²) < 4.78 is 64.7. The number of carbonyl (C=O) groups is 2. The Labute approximate surface area is 147 Å². The van der Waals surface area contributed by atoms with E-state index in [1.807, 2.05) is 0 Å². The van der Waals surface area contributed by atoms with Gasteiger partial charge in [0.05, 0.1) is 5.56 Å². The lowest BCUT2D eigenvalue weighted by molar-refractivity contribution is -0.186. The third-order valence-electron chi connectivity index (χ3n) is 3.65. The monoisotopic (exact) mass is 427 g/mol. The van der Waals surface area contributed by atoms with Crippen LogP contribution in [-0.4, -0.2) is 35.9 Å². The minimum Gasteiger partial charge on any atom is -0.335 e. The van der Waals surface area contributed by atoms with Gasteiger partial charge in [0.2, 0.25) is 0 Å². The summed E-state index contributed by atoms with van der Waals surface area (Å²) in [7, 11) is 0. The first-order valence-electron chi connectivity index (χ1n) is 6.86. The smallest absolute Gasteiger partial charge is 0.335 e. The average molecular weight is 428 g/mol. The van der Waals surface area contributed by atoms with E-state index in [-0.39, 0.29) is 30.4 Å². The fraction of sp³-hybridized carbons (Fsp3) is 0.429. The van der Waals surface area contributed by atoms with E-state index in [1.165, 1.54) is 0 Å². The van der Waals surface area contributed by atoms with Gasteiger partial charge in [0.25, 0.3) is 0 Å². The number of Topliss-reactive ketones (excluding diaryl/α,β-unsaturated/α-hetero) is 1. The summed E-state index contributed by atoms with van der Waals surface area (Å²) in [4.78, 5) is 23.9. The Kier molecular flexibility index (Phi) is 6.98. The number of amides is 1. The van der Waals surface area contributed by atoms with Gasteiger partial charge in [-0.05, 0) is 25.0 Å². The van der Waals surface area contributed by atoms with Crippen LogP contribution in [0, 0.1) is 28.3 Å². The number of carbonyl (C=O) groups excluding carboxylic acids is 2. The molecular weight excluding hydrogens is 417 g/mol. The Morgan fingerprint density at radius 1 is 1.08 bits per heavy atom. The lowest BCUT2D eigenvalue weighted by atomic mass is 9.88. The molecule has 1 saturated heterocycles. The molecule has 1 aliphatic rings. The number of piperidine rings is 1. The standard InChI is InChI=1S/C14H11BrF5NO2.N2/c15-8-5-9(16)11(10(17)6-8)12(22)7-1-3-21(4-2-7)13(23)14(18,19)20;1-2/h5-7H,1-4H2;. The molecule has 0 spiro atoms. The molecule has 136 valence electrons. The fourth-order valence-electron chi connectivity index (χ4n) is 2.51. The predicted molar refractivity (Wildman–Crippen MR) is 77.2 cm³/mol.